The highest BCUT2D eigenvalue weighted by Gasteiger charge is 2.53. The summed E-state index contributed by atoms with van der Waals surface area (Å²) in [5.74, 6) is 1.06. The Labute approximate surface area is 138 Å². The number of rotatable bonds is 2. The minimum atomic E-state index is -0.0476. The van der Waals surface area contributed by atoms with Crippen LogP contribution in [0.4, 0.5) is 5.82 Å². The van der Waals surface area contributed by atoms with Crippen LogP contribution in [0.5, 0.6) is 0 Å². The van der Waals surface area contributed by atoms with E-state index in [2.05, 4.69) is 24.8 Å². The Morgan fingerprint density at radius 3 is 2.83 bits per heavy atom. The normalized spacial score (nSPS) is 19.2. The molecule has 2 aliphatic rings. The molecule has 0 atom stereocenters. The fraction of sp³-hybridized carbons (Fsp3) is 0.353. The molecule has 1 aliphatic carbocycles. The summed E-state index contributed by atoms with van der Waals surface area (Å²) in [6, 6.07) is 5.73. The zero-order valence-electron chi connectivity index (χ0n) is 13.2. The zero-order valence-corrected chi connectivity index (χ0v) is 13.2. The summed E-state index contributed by atoms with van der Waals surface area (Å²) in [6.07, 6.45) is 7.39. The van der Waals surface area contributed by atoms with Gasteiger partial charge < -0.3 is 19.8 Å². The average molecular weight is 322 g/mol. The standard InChI is InChI=1S/C17H18N6O/c24-16(13-2-1-6-18-13)23-9-8-22(10-17(23)4-5-17)15-12-3-7-19-14(12)20-11-21-15/h1-3,6-7,11,18H,4-5,8-10H2,(H,19,20,21). The zero-order chi connectivity index (χ0) is 16.1. The number of carbonyl (C=O) groups excluding carboxylic acids is 1. The molecule has 0 aromatic carbocycles. The number of nitrogens with one attached hydrogen (secondary N) is 2. The van der Waals surface area contributed by atoms with Gasteiger partial charge >= 0.3 is 0 Å². The SMILES string of the molecule is O=C(c1ccc[nH]1)N1CCN(c2ncnc3[nH]ccc23)CC12CC2. The van der Waals surface area contributed by atoms with Gasteiger partial charge in [-0.05, 0) is 31.0 Å². The highest BCUT2D eigenvalue weighted by molar-refractivity contribution is 5.94. The first-order valence-corrected chi connectivity index (χ1v) is 8.25. The van der Waals surface area contributed by atoms with E-state index in [0.717, 1.165) is 42.8 Å². The van der Waals surface area contributed by atoms with Gasteiger partial charge in [0.05, 0.1) is 10.9 Å². The molecule has 24 heavy (non-hydrogen) atoms. The second kappa shape index (κ2) is 4.83. The minimum Gasteiger partial charge on any atom is -0.357 e. The van der Waals surface area contributed by atoms with Crippen molar-refractivity contribution in [2.45, 2.75) is 18.4 Å². The van der Waals surface area contributed by atoms with Gasteiger partial charge in [0, 0.05) is 32.0 Å². The van der Waals surface area contributed by atoms with Gasteiger partial charge in [0.25, 0.3) is 5.91 Å². The fourth-order valence-electron chi connectivity index (χ4n) is 3.77. The van der Waals surface area contributed by atoms with E-state index < -0.39 is 0 Å². The van der Waals surface area contributed by atoms with Crippen molar-refractivity contribution in [3.63, 3.8) is 0 Å². The van der Waals surface area contributed by atoms with Gasteiger partial charge in [0.1, 0.15) is 23.5 Å². The summed E-state index contributed by atoms with van der Waals surface area (Å²) in [5.41, 5.74) is 1.48. The molecule has 0 radical (unpaired) electrons. The van der Waals surface area contributed by atoms with Crippen molar-refractivity contribution < 1.29 is 4.79 Å². The first-order valence-electron chi connectivity index (χ1n) is 8.25. The predicted octanol–water partition coefficient (Wildman–Crippen LogP) is 1.78. The molecule has 2 N–H and O–H groups in total. The molecule has 1 aliphatic heterocycles. The molecule has 5 rings (SSSR count). The quantitative estimate of drug-likeness (QED) is 0.753. The van der Waals surface area contributed by atoms with Crippen LogP contribution in [-0.2, 0) is 0 Å². The van der Waals surface area contributed by atoms with Crippen molar-refractivity contribution in [1.82, 2.24) is 24.8 Å². The molecule has 0 unspecified atom stereocenters. The van der Waals surface area contributed by atoms with Gasteiger partial charge in [-0.1, -0.05) is 0 Å². The molecule has 122 valence electrons. The van der Waals surface area contributed by atoms with Crippen LogP contribution in [0.2, 0.25) is 0 Å². The molecule has 7 nitrogen and oxygen atoms in total. The number of amides is 1. The smallest absolute Gasteiger partial charge is 0.270 e. The van der Waals surface area contributed by atoms with Crippen molar-refractivity contribution in [2.75, 3.05) is 24.5 Å². The molecular formula is C17H18N6O. The highest BCUT2D eigenvalue weighted by Crippen LogP contribution is 2.45. The van der Waals surface area contributed by atoms with Crippen LogP contribution < -0.4 is 4.90 Å². The highest BCUT2D eigenvalue weighted by atomic mass is 16.2. The van der Waals surface area contributed by atoms with Gasteiger partial charge in [-0.3, -0.25) is 4.79 Å². The van der Waals surface area contributed by atoms with Crippen LogP contribution in [0.1, 0.15) is 23.3 Å². The lowest BCUT2D eigenvalue weighted by atomic mass is 10.1. The predicted molar refractivity (Wildman–Crippen MR) is 89.9 cm³/mol. The molecule has 1 amide bonds. The number of nitrogens with zero attached hydrogens (tertiary/aromatic N) is 4. The van der Waals surface area contributed by atoms with Crippen LogP contribution >= 0.6 is 0 Å². The fourth-order valence-corrected chi connectivity index (χ4v) is 3.77. The van der Waals surface area contributed by atoms with Crippen LogP contribution in [0, 0.1) is 0 Å². The molecule has 3 aromatic rings. The van der Waals surface area contributed by atoms with E-state index in [1.54, 1.807) is 12.5 Å². The monoisotopic (exact) mass is 322 g/mol. The molecule has 7 heteroatoms. The van der Waals surface area contributed by atoms with E-state index in [4.69, 9.17) is 0 Å². The third-order valence-corrected chi connectivity index (χ3v) is 5.18. The van der Waals surface area contributed by atoms with E-state index in [0.29, 0.717) is 12.2 Å². The van der Waals surface area contributed by atoms with Crippen molar-refractivity contribution in [2.24, 2.45) is 0 Å². The summed E-state index contributed by atoms with van der Waals surface area (Å²) < 4.78 is 0. The maximum Gasteiger partial charge on any atom is 0.270 e. The maximum absolute atomic E-state index is 12.8. The van der Waals surface area contributed by atoms with Gasteiger partial charge in [0.2, 0.25) is 0 Å². The first kappa shape index (κ1) is 13.6. The van der Waals surface area contributed by atoms with Crippen LogP contribution in [0.25, 0.3) is 11.0 Å². The lowest BCUT2D eigenvalue weighted by Crippen LogP contribution is -2.57. The lowest BCUT2D eigenvalue weighted by molar-refractivity contribution is 0.0619. The molecule has 0 bridgehead atoms. The maximum atomic E-state index is 12.8. The summed E-state index contributed by atoms with van der Waals surface area (Å²) in [6.45, 7) is 2.33. The summed E-state index contributed by atoms with van der Waals surface area (Å²) in [5, 5.41) is 1.04. The molecule has 4 heterocycles. The minimum absolute atomic E-state index is 0.0476. The van der Waals surface area contributed by atoms with E-state index in [9.17, 15) is 4.79 Å². The first-order chi connectivity index (χ1) is 11.8. The van der Waals surface area contributed by atoms with E-state index >= 15 is 0 Å². The summed E-state index contributed by atoms with van der Waals surface area (Å²) >= 11 is 0. The van der Waals surface area contributed by atoms with Gasteiger partial charge in [0.15, 0.2) is 0 Å². The summed E-state index contributed by atoms with van der Waals surface area (Å²) in [4.78, 5) is 32.1. The largest absolute Gasteiger partial charge is 0.357 e. The van der Waals surface area contributed by atoms with Gasteiger partial charge in [-0.15, -0.1) is 0 Å². The van der Waals surface area contributed by atoms with E-state index in [-0.39, 0.29) is 11.4 Å². The Bertz CT molecular complexity index is 895. The van der Waals surface area contributed by atoms with Crippen molar-refractivity contribution in [1.29, 1.82) is 0 Å². The third kappa shape index (κ3) is 1.94. The number of carbonyl (C=O) groups is 1. The Morgan fingerprint density at radius 1 is 1.12 bits per heavy atom. The second-order valence-corrected chi connectivity index (χ2v) is 6.62. The van der Waals surface area contributed by atoms with Crippen LogP contribution in [0.15, 0.2) is 36.9 Å². The van der Waals surface area contributed by atoms with Crippen LogP contribution in [-0.4, -0.2) is 55.9 Å². The van der Waals surface area contributed by atoms with Gasteiger partial charge in [-0.2, -0.15) is 0 Å². The van der Waals surface area contributed by atoms with E-state index in [1.807, 2.05) is 29.3 Å². The van der Waals surface area contributed by atoms with Crippen molar-refractivity contribution in [3.8, 4) is 0 Å². The van der Waals surface area contributed by atoms with Crippen molar-refractivity contribution in [3.05, 3.63) is 42.6 Å². The molecule has 2 fully saturated rings. The number of piperazine rings is 1. The Balaban J connectivity index is 1.44. The number of anilines is 1. The lowest BCUT2D eigenvalue weighted by Gasteiger charge is -2.42. The Hall–Kier alpha value is -2.83. The van der Waals surface area contributed by atoms with Gasteiger partial charge in [-0.25, -0.2) is 9.97 Å². The second-order valence-electron chi connectivity index (χ2n) is 6.62. The van der Waals surface area contributed by atoms with Crippen LogP contribution in [0.3, 0.4) is 0 Å². The van der Waals surface area contributed by atoms with Crippen molar-refractivity contribution >= 4 is 22.8 Å². The average Bonchev–Trinajstić information content (AvgIpc) is 3.07. The Morgan fingerprint density at radius 2 is 2.04 bits per heavy atom. The molecule has 1 saturated heterocycles. The third-order valence-electron chi connectivity index (χ3n) is 5.18. The topological polar surface area (TPSA) is 80.9 Å². The van der Waals surface area contributed by atoms with E-state index in [1.165, 1.54) is 0 Å². The number of aromatic nitrogens is 4. The summed E-state index contributed by atoms with van der Waals surface area (Å²) in [7, 11) is 0. The molecule has 1 spiro atoms. The number of H-pyrrole nitrogens is 2. The molecule has 3 aromatic heterocycles. The number of hydrogen-bond acceptors (Lipinski definition) is 4. The number of aromatic amines is 2. The molecule has 1 saturated carbocycles. The Kier molecular flexibility index (Phi) is 2.74. The number of hydrogen-bond donors (Lipinski definition) is 2. The number of fused-ring (bicyclic) bond motifs is 1. The molecular weight excluding hydrogens is 304 g/mol.